The van der Waals surface area contributed by atoms with Gasteiger partial charge < -0.3 is 15.6 Å². The molecule has 0 fully saturated rings. The molecule has 3 heterocycles. The lowest BCUT2D eigenvalue weighted by Crippen LogP contribution is -1.96. The molecule has 5 nitrogen and oxygen atoms in total. The van der Waals surface area contributed by atoms with Crippen LogP contribution in [0, 0.1) is 5.82 Å². The number of halogens is 1. The van der Waals surface area contributed by atoms with Crippen molar-refractivity contribution in [3.05, 3.63) is 36.5 Å². The first-order chi connectivity index (χ1) is 9.81. The van der Waals surface area contributed by atoms with Crippen molar-refractivity contribution in [2.24, 2.45) is 0 Å². The number of aromatic nitrogens is 3. The highest BCUT2D eigenvalue weighted by Gasteiger charge is 2.13. The molecule has 0 radical (unpaired) electrons. The van der Waals surface area contributed by atoms with E-state index >= 15 is 0 Å². The Morgan fingerprint density at radius 3 is 3.20 bits per heavy atom. The lowest BCUT2D eigenvalue weighted by molar-refractivity contribution is 0.639. The normalized spacial score (nSPS) is 13.2. The highest BCUT2D eigenvalue weighted by molar-refractivity contribution is 7.99. The number of hydrogen-bond acceptors (Lipinski definition) is 5. The average Bonchev–Trinajstić information content (AvgIpc) is 3.06. The summed E-state index contributed by atoms with van der Waals surface area (Å²) in [5.41, 5.74) is 2.49. The Bertz CT molecular complexity index is 801. The van der Waals surface area contributed by atoms with Gasteiger partial charge in [-0.25, -0.2) is 14.4 Å². The van der Waals surface area contributed by atoms with Gasteiger partial charge in [-0.2, -0.15) is 0 Å². The Morgan fingerprint density at radius 1 is 1.30 bits per heavy atom. The van der Waals surface area contributed by atoms with Gasteiger partial charge in [0.25, 0.3) is 0 Å². The van der Waals surface area contributed by atoms with Crippen LogP contribution in [0.25, 0.3) is 11.0 Å². The molecule has 1 aliphatic heterocycles. The number of hydrogen-bond donors (Lipinski definition) is 3. The van der Waals surface area contributed by atoms with Gasteiger partial charge in [-0.05, 0) is 18.2 Å². The Balaban J connectivity index is 1.76. The third kappa shape index (κ3) is 1.78. The largest absolute Gasteiger partial charge is 0.375 e. The molecular weight excluding hydrogens is 277 g/mol. The van der Waals surface area contributed by atoms with E-state index in [1.54, 1.807) is 11.8 Å². The van der Waals surface area contributed by atoms with Crippen molar-refractivity contribution in [3.8, 4) is 0 Å². The summed E-state index contributed by atoms with van der Waals surface area (Å²) in [5, 5.41) is 6.80. The molecule has 100 valence electrons. The van der Waals surface area contributed by atoms with Crippen LogP contribution in [0.2, 0.25) is 0 Å². The summed E-state index contributed by atoms with van der Waals surface area (Å²) in [5.74, 6) is 0.980. The zero-order chi connectivity index (χ0) is 13.5. The number of rotatable bonds is 2. The summed E-state index contributed by atoms with van der Waals surface area (Å²) in [6, 6.07) is 5.97. The van der Waals surface area contributed by atoms with Gasteiger partial charge in [0.05, 0.1) is 11.3 Å². The van der Waals surface area contributed by atoms with Crippen molar-refractivity contribution in [2.45, 2.75) is 4.90 Å². The summed E-state index contributed by atoms with van der Waals surface area (Å²) in [4.78, 5) is 12.1. The summed E-state index contributed by atoms with van der Waals surface area (Å²) in [6.07, 6.45) is 2.69. The number of aromatic amines is 1. The number of H-pyrrole nitrogens is 1. The number of anilines is 3. The average molecular weight is 287 g/mol. The van der Waals surface area contributed by atoms with E-state index in [9.17, 15) is 4.39 Å². The molecule has 0 spiro atoms. The molecule has 1 aliphatic rings. The fourth-order valence-electron chi connectivity index (χ4n) is 2.21. The van der Waals surface area contributed by atoms with Crippen LogP contribution in [0.1, 0.15) is 0 Å². The molecule has 20 heavy (non-hydrogen) atoms. The summed E-state index contributed by atoms with van der Waals surface area (Å²) in [7, 11) is 0. The third-order valence-electron chi connectivity index (χ3n) is 3.16. The smallest absolute Gasteiger partial charge is 0.153 e. The fraction of sp³-hybridized carbons (Fsp3) is 0.0769. The zero-order valence-corrected chi connectivity index (χ0v) is 11.1. The molecule has 0 amide bonds. The Labute approximate surface area is 118 Å². The number of nitrogens with one attached hydrogen (secondary N) is 3. The lowest BCUT2D eigenvalue weighted by Gasteiger charge is -2.08. The first-order valence-electron chi connectivity index (χ1n) is 6.06. The number of thioether (sulfide) groups is 1. The first-order valence-corrected chi connectivity index (χ1v) is 7.05. The van der Waals surface area contributed by atoms with Crippen molar-refractivity contribution >= 4 is 40.0 Å². The first kappa shape index (κ1) is 11.5. The minimum Gasteiger partial charge on any atom is -0.375 e. The molecule has 0 saturated carbocycles. The van der Waals surface area contributed by atoms with E-state index in [2.05, 4.69) is 25.6 Å². The maximum absolute atomic E-state index is 13.8. The Morgan fingerprint density at radius 2 is 2.25 bits per heavy atom. The van der Waals surface area contributed by atoms with Crippen LogP contribution in [0.5, 0.6) is 0 Å². The molecule has 3 aromatic rings. The fourth-order valence-corrected chi connectivity index (χ4v) is 3.10. The second kappa shape index (κ2) is 4.38. The summed E-state index contributed by atoms with van der Waals surface area (Å²) in [6.45, 7) is 0. The maximum Gasteiger partial charge on any atom is 0.153 e. The highest BCUT2D eigenvalue weighted by Crippen LogP contribution is 2.36. The van der Waals surface area contributed by atoms with Crippen LogP contribution >= 0.6 is 11.8 Å². The topological polar surface area (TPSA) is 65.6 Å². The molecule has 2 aromatic heterocycles. The minimum atomic E-state index is -0.361. The van der Waals surface area contributed by atoms with Crippen LogP contribution in [0.4, 0.5) is 21.6 Å². The van der Waals surface area contributed by atoms with Crippen molar-refractivity contribution in [3.63, 3.8) is 0 Å². The molecule has 0 saturated heterocycles. The van der Waals surface area contributed by atoms with Crippen molar-refractivity contribution in [1.29, 1.82) is 0 Å². The highest BCUT2D eigenvalue weighted by atomic mass is 32.2. The quantitative estimate of drug-likeness (QED) is 0.675. The van der Waals surface area contributed by atoms with Crippen LogP contribution in [0.3, 0.4) is 0 Å². The van der Waals surface area contributed by atoms with Gasteiger partial charge in [0.2, 0.25) is 0 Å². The molecule has 0 unspecified atom stereocenters. The number of fused-ring (bicyclic) bond motifs is 2. The predicted octanol–water partition coefficient (Wildman–Crippen LogP) is 3.32. The van der Waals surface area contributed by atoms with E-state index < -0.39 is 0 Å². The van der Waals surface area contributed by atoms with E-state index in [4.69, 9.17) is 0 Å². The SMILES string of the molecule is Fc1c[nH]c2ncnc(Nc3ccc4c(c3)SCN4)c12. The van der Waals surface area contributed by atoms with E-state index in [0.717, 1.165) is 17.3 Å². The van der Waals surface area contributed by atoms with Crippen LogP contribution in [-0.2, 0) is 0 Å². The van der Waals surface area contributed by atoms with Gasteiger partial charge in [-0.15, -0.1) is 11.8 Å². The molecule has 0 bridgehead atoms. The molecule has 4 rings (SSSR count). The molecular formula is C13H10FN5S. The molecule has 3 N–H and O–H groups in total. The van der Waals surface area contributed by atoms with Gasteiger partial charge >= 0.3 is 0 Å². The summed E-state index contributed by atoms with van der Waals surface area (Å²) < 4.78 is 13.8. The zero-order valence-electron chi connectivity index (χ0n) is 10.3. The standard InChI is InChI=1S/C13H10FN5S/c14-8-4-15-12-11(8)13(17-5-16-12)19-7-1-2-9-10(3-7)20-6-18-9/h1-5,18H,6H2,(H2,15,16,17,19). The predicted molar refractivity (Wildman–Crippen MR) is 77.9 cm³/mol. The van der Waals surface area contributed by atoms with E-state index in [0.29, 0.717) is 16.9 Å². The summed E-state index contributed by atoms with van der Waals surface area (Å²) >= 11 is 1.74. The van der Waals surface area contributed by atoms with Crippen LogP contribution in [-0.4, -0.2) is 20.8 Å². The monoisotopic (exact) mass is 287 g/mol. The van der Waals surface area contributed by atoms with Crippen LogP contribution in [0.15, 0.2) is 35.6 Å². The minimum absolute atomic E-state index is 0.361. The van der Waals surface area contributed by atoms with Crippen molar-refractivity contribution in [2.75, 3.05) is 16.5 Å². The van der Waals surface area contributed by atoms with Gasteiger partial charge in [0.15, 0.2) is 5.82 Å². The maximum atomic E-state index is 13.8. The van der Waals surface area contributed by atoms with E-state index in [-0.39, 0.29) is 5.82 Å². The van der Waals surface area contributed by atoms with Gasteiger partial charge in [-0.1, -0.05) is 0 Å². The second-order valence-corrected chi connectivity index (χ2v) is 5.40. The van der Waals surface area contributed by atoms with Crippen molar-refractivity contribution < 1.29 is 4.39 Å². The van der Waals surface area contributed by atoms with E-state index in [1.807, 2.05) is 18.2 Å². The van der Waals surface area contributed by atoms with E-state index in [1.165, 1.54) is 17.4 Å². The Hall–Kier alpha value is -2.28. The Kier molecular flexibility index (Phi) is 2.53. The number of nitrogens with zero attached hydrogens (tertiary/aromatic N) is 2. The molecule has 0 atom stereocenters. The van der Waals surface area contributed by atoms with Gasteiger partial charge in [0, 0.05) is 22.5 Å². The lowest BCUT2D eigenvalue weighted by atomic mass is 10.2. The number of benzene rings is 1. The van der Waals surface area contributed by atoms with Crippen LogP contribution < -0.4 is 10.6 Å². The molecule has 7 heteroatoms. The van der Waals surface area contributed by atoms with Gasteiger partial charge in [-0.3, -0.25) is 0 Å². The molecule has 0 aliphatic carbocycles. The second-order valence-electron chi connectivity index (χ2n) is 4.38. The van der Waals surface area contributed by atoms with Gasteiger partial charge in [0.1, 0.15) is 17.8 Å². The molecule has 1 aromatic carbocycles. The third-order valence-corrected chi connectivity index (χ3v) is 4.09. The van der Waals surface area contributed by atoms with Crippen molar-refractivity contribution in [1.82, 2.24) is 15.0 Å².